The Balaban J connectivity index is 2.36. The molecule has 0 atom stereocenters. The molecule has 0 aliphatic carbocycles. The summed E-state index contributed by atoms with van der Waals surface area (Å²) < 4.78 is 3.31. The molecule has 0 saturated carbocycles. The number of hydrogen-bond donors (Lipinski definition) is 1. The van der Waals surface area contributed by atoms with Gasteiger partial charge in [-0.1, -0.05) is 22.0 Å². The molecule has 21 heavy (non-hydrogen) atoms. The van der Waals surface area contributed by atoms with Crippen molar-refractivity contribution in [1.82, 2.24) is 9.55 Å². The number of aromatic nitrogens is 2. The van der Waals surface area contributed by atoms with E-state index in [2.05, 4.69) is 59.5 Å². The summed E-state index contributed by atoms with van der Waals surface area (Å²) in [4.78, 5) is 4.84. The lowest BCUT2D eigenvalue weighted by Crippen LogP contribution is -2.04. The summed E-state index contributed by atoms with van der Waals surface area (Å²) in [7, 11) is 0. The molecule has 2 aromatic carbocycles. The van der Waals surface area contributed by atoms with Gasteiger partial charge in [0.05, 0.1) is 11.0 Å². The van der Waals surface area contributed by atoms with E-state index in [9.17, 15) is 0 Å². The van der Waals surface area contributed by atoms with E-state index in [-0.39, 0.29) is 0 Å². The molecule has 4 heteroatoms. The summed E-state index contributed by atoms with van der Waals surface area (Å²) in [6, 6.07) is 12.5. The second-order valence-corrected chi connectivity index (χ2v) is 6.52. The molecular formula is C17H18BrN3. The molecule has 1 heterocycles. The minimum absolute atomic E-state index is 0.326. The van der Waals surface area contributed by atoms with Crippen LogP contribution < -0.4 is 5.73 Å². The van der Waals surface area contributed by atoms with E-state index in [1.165, 1.54) is 5.56 Å². The third-order valence-corrected chi connectivity index (χ3v) is 4.16. The Labute approximate surface area is 132 Å². The number of nitrogens with zero attached hydrogens (tertiary/aromatic N) is 2. The summed E-state index contributed by atoms with van der Waals surface area (Å²) in [5, 5.41) is 0. The monoisotopic (exact) mass is 343 g/mol. The first-order valence-corrected chi connectivity index (χ1v) is 7.80. The number of hydrogen-bond acceptors (Lipinski definition) is 2. The topological polar surface area (TPSA) is 43.8 Å². The van der Waals surface area contributed by atoms with E-state index < -0.39 is 0 Å². The zero-order chi connectivity index (χ0) is 15.1. The molecular weight excluding hydrogens is 326 g/mol. The molecule has 0 spiro atoms. The number of rotatable bonds is 2. The van der Waals surface area contributed by atoms with Gasteiger partial charge < -0.3 is 10.3 Å². The molecule has 0 saturated heterocycles. The Kier molecular flexibility index (Phi) is 3.49. The lowest BCUT2D eigenvalue weighted by Gasteiger charge is -2.15. The second-order valence-electron chi connectivity index (χ2n) is 5.61. The highest BCUT2D eigenvalue weighted by atomic mass is 79.9. The second kappa shape index (κ2) is 5.19. The van der Waals surface area contributed by atoms with Gasteiger partial charge >= 0.3 is 0 Å². The summed E-state index contributed by atoms with van der Waals surface area (Å²) in [5.41, 5.74) is 11.1. The molecule has 0 unspecified atom stereocenters. The minimum atomic E-state index is 0.326. The fraction of sp³-hybridized carbons (Fsp3) is 0.235. The average molecular weight is 344 g/mol. The summed E-state index contributed by atoms with van der Waals surface area (Å²) in [6.07, 6.45) is 0. The number of nitrogen functional groups attached to an aromatic ring is 1. The van der Waals surface area contributed by atoms with Crippen LogP contribution in [-0.2, 0) is 0 Å². The predicted molar refractivity (Wildman–Crippen MR) is 92.4 cm³/mol. The molecule has 3 rings (SSSR count). The Morgan fingerprint density at radius 2 is 1.90 bits per heavy atom. The summed E-state index contributed by atoms with van der Waals surface area (Å²) in [6.45, 7) is 6.44. The van der Waals surface area contributed by atoms with Crippen molar-refractivity contribution in [2.45, 2.75) is 26.8 Å². The Morgan fingerprint density at radius 3 is 2.62 bits per heavy atom. The molecule has 0 fully saturated rings. The van der Waals surface area contributed by atoms with Gasteiger partial charge in [0.2, 0.25) is 0 Å². The SMILES string of the molecule is Cc1ccc(N)cc1-c1nc2cc(Br)ccc2n1C(C)C. The van der Waals surface area contributed by atoms with Gasteiger partial charge in [0.15, 0.2) is 0 Å². The van der Waals surface area contributed by atoms with Gasteiger partial charge in [0, 0.05) is 21.8 Å². The minimum Gasteiger partial charge on any atom is -0.399 e. The summed E-state index contributed by atoms with van der Waals surface area (Å²) >= 11 is 3.52. The molecule has 0 radical (unpaired) electrons. The van der Waals surface area contributed by atoms with E-state index >= 15 is 0 Å². The normalized spacial score (nSPS) is 11.5. The Hall–Kier alpha value is -1.81. The van der Waals surface area contributed by atoms with Crippen LogP contribution in [-0.4, -0.2) is 9.55 Å². The highest BCUT2D eigenvalue weighted by molar-refractivity contribution is 9.10. The molecule has 3 nitrogen and oxygen atoms in total. The van der Waals surface area contributed by atoms with E-state index in [0.717, 1.165) is 32.6 Å². The van der Waals surface area contributed by atoms with E-state index in [0.29, 0.717) is 6.04 Å². The molecule has 0 aliphatic rings. The standard InChI is InChI=1S/C17H18BrN3/c1-10(2)21-16-7-5-12(18)8-15(16)20-17(21)14-9-13(19)6-4-11(14)3/h4-10H,19H2,1-3H3. The number of nitrogens with two attached hydrogens (primary N) is 1. The highest BCUT2D eigenvalue weighted by Crippen LogP contribution is 2.32. The van der Waals surface area contributed by atoms with Crippen molar-refractivity contribution >= 4 is 32.7 Å². The maximum absolute atomic E-state index is 5.96. The van der Waals surface area contributed by atoms with Crippen LogP contribution in [0, 0.1) is 6.92 Å². The molecule has 0 amide bonds. The molecule has 1 aromatic heterocycles. The third kappa shape index (κ3) is 2.44. The van der Waals surface area contributed by atoms with E-state index in [1.807, 2.05) is 18.2 Å². The molecule has 2 N–H and O–H groups in total. The maximum atomic E-state index is 5.96. The van der Waals surface area contributed by atoms with Crippen molar-refractivity contribution < 1.29 is 0 Å². The lowest BCUT2D eigenvalue weighted by atomic mass is 10.1. The maximum Gasteiger partial charge on any atom is 0.141 e. The molecule has 0 bridgehead atoms. The first kappa shape index (κ1) is 14.1. The van der Waals surface area contributed by atoms with Crippen LogP contribution in [0.5, 0.6) is 0 Å². The fourth-order valence-corrected chi connectivity index (χ4v) is 3.01. The van der Waals surface area contributed by atoms with Crippen LogP contribution >= 0.6 is 15.9 Å². The van der Waals surface area contributed by atoms with Crippen molar-refractivity contribution in [3.63, 3.8) is 0 Å². The predicted octanol–water partition coefficient (Wildman–Crippen LogP) is 4.94. The summed E-state index contributed by atoms with van der Waals surface area (Å²) in [5.74, 6) is 0.975. The van der Waals surface area contributed by atoms with Crippen molar-refractivity contribution in [1.29, 1.82) is 0 Å². The van der Waals surface area contributed by atoms with Crippen LogP contribution in [0.2, 0.25) is 0 Å². The van der Waals surface area contributed by atoms with Gasteiger partial charge in [0.25, 0.3) is 0 Å². The van der Waals surface area contributed by atoms with Gasteiger partial charge in [-0.15, -0.1) is 0 Å². The Bertz CT molecular complexity index is 818. The number of imidazole rings is 1. The van der Waals surface area contributed by atoms with E-state index in [4.69, 9.17) is 10.7 Å². The zero-order valence-corrected chi connectivity index (χ0v) is 14.0. The van der Waals surface area contributed by atoms with Crippen LogP contribution in [0.4, 0.5) is 5.69 Å². The third-order valence-electron chi connectivity index (χ3n) is 3.67. The van der Waals surface area contributed by atoms with Crippen LogP contribution in [0.25, 0.3) is 22.4 Å². The van der Waals surface area contributed by atoms with Gasteiger partial charge in [0.1, 0.15) is 5.82 Å². The van der Waals surface area contributed by atoms with Crippen molar-refractivity contribution in [2.24, 2.45) is 0 Å². The van der Waals surface area contributed by atoms with Crippen molar-refractivity contribution in [2.75, 3.05) is 5.73 Å². The number of aryl methyl sites for hydroxylation is 1. The van der Waals surface area contributed by atoms with Gasteiger partial charge in [-0.25, -0.2) is 4.98 Å². The molecule has 3 aromatic rings. The molecule has 108 valence electrons. The van der Waals surface area contributed by atoms with E-state index in [1.54, 1.807) is 0 Å². The van der Waals surface area contributed by atoms with Crippen molar-refractivity contribution in [3.8, 4) is 11.4 Å². The number of fused-ring (bicyclic) bond motifs is 1. The number of benzene rings is 2. The largest absolute Gasteiger partial charge is 0.399 e. The van der Waals surface area contributed by atoms with Gasteiger partial charge in [-0.2, -0.15) is 0 Å². The highest BCUT2D eigenvalue weighted by Gasteiger charge is 2.16. The van der Waals surface area contributed by atoms with Crippen molar-refractivity contribution in [3.05, 3.63) is 46.4 Å². The lowest BCUT2D eigenvalue weighted by molar-refractivity contribution is 0.624. The Morgan fingerprint density at radius 1 is 1.14 bits per heavy atom. The van der Waals surface area contributed by atoms with Gasteiger partial charge in [-0.3, -0.25) is 0 Å². The average Bonchev–Trinajstić information content (AvgIpc) is 2.79. The first-order chi connectivity index (χ1) is 9.97. The number of halogens is 1. The quantitative estimate of drug-likeness (QED) is 0.670. The van der Waals surface area contributed by atoms with Gasteiger partial charge in [-0.05, 0) is 56.7 Å². The van der Waals surface area contributed by atoms with Crippen LogP contribution in [0.1, 0.15) is 25.5 Å². The van der Waals surface area contributed by atoms with Crippen LogP contribution in [0.15, 0.2) is 40.9 Å². The fourth-order valence-electron chi connectivity index (χ4n) is 2.67. The first-order valence-electron chi connectivity index (χ1n) is 7.01. The van der Waals surface area contributed by atoms with Crippen LogP contribution in [0.3, 0.4) is 0 Å². The number of anilines is 1. The smallest absolute Gasteiger partial charge is 0.141 e. The zero-order valence-electron chi connectivity index (χ0n) is 12.4. The molecule has 0 aliphatic heterocycles.